The Hall–Kier alpha value is -1.00. The van der Waals surface area contributed by atoms with Crippen molar-refractivity contribution in [2.24, 2.45) is 0 Å². The first-order chi connectivity index (χ1) is 9.63. The Morgan fingerprint density at radius 3 is 2.70 bits per heavy atom. The van der Waals surface area contributed by atoms with E-state index in [2.05, 4.69) is 37.6 Å². The predicted octanol–water partition coefficient (Wildman–Crippen LogP) is 2.52. The van der Waals surface area contributed by atoms with E-state index in [0.29, 0.717) is 6.04 Å². The van der Waals surface area contributed by atoms with Gasteiger partial charge in [0.15, 0.2) is 0 Å². The topological polar surface area (TPSA) is 32.3 Å². The molecule has 1 heterocycles. The van der Waals surface area contributed by atoms with Gasteiger partial charge >= 0.3 is 0 Å². The van der Waals surface area contributed by atoms with Gasteiger partial charge in [-0.15, -0.1) is 0 Å². The summed E-state index contributed by atoms with van der Waals surface area (Å²) in [5, 5.41) is 3.43. The van der Waals surface area contributed by atoms with Gasteiger partial charge in [-0.3, -0.25) is 10.1 Å². The van der Waals surface area contributed by atoms with Gasteiger partial charge < -0.3 is 4.90 Å². The fraction of sp³-hybridized carbons (Fsp3) is 0.562. The average Bonchev–Trinajstić information content (AvgIpc) is 2.72. The van der Waals surface area contributed by atoms with E-state index in [9.17, 15) is 4.79 Å². The first-order valence-electron chi connectivity index (χ1n) is 7.24. The summed E-state index contributed by atoms with van der Waals surface area (Å²) in [6.45, 7) is 4.23. The fourth-order valence-corrected chi connectivity index (χ4v) is 3.41. The van der Waals surface area contributed by atoms with Gasteiger partial charge in [0.05, 0.1) is 12.2 Å². The molecule has 1 aromatic carbocycles. The quantitative estimate of drug-likeness (QED) is 0.874. The van der Waals surface area contributed by atoms with Gasteiger partial charge in [0.2, 0.25) is 5.91 Å². The molecule has 20 heavy (non-hydrogen) atoms. The molecule has 0 bridgehead atoms. The first kappa shape index (κ1) is 15.4. The number of thioether (sulfide) groups is 1. The summed E-state index contributed by atoms with van der Waals surface area (Å²) >= 11 is 1.84. The normalized spacial score (nSPS) is 24.1. The van der Waals surface area contributed by atoms with Gasteiger partial charge in [0.1, 0.15) is 0 Å². The summed E-state index contributed by atoms with van der Waals surface area (Å²) in [7, 11) is 0. The molecule has 1 aromatic rings. The predicted molar refractivity (Wildman–Crippen MR) is 85.8 cm³/mol. The third-order valence-electron chi connectivity index (χ3n) is 3.91. The van der Waals surface area contributed by atoms with Crippen molar-refractivity contribution in [3.05, 3.63) is 35.9 Å². The fourth-order valence-electron chi connectivity index (χ4n) is 2.84. The van der Waals surface area contributed by atoms with Gasteiger partial charge in [-0.05, 0) is 44.3 Å². The Morgan fingerprint density at radius 2 is 2.05 bits per heavy atom. The molecule has 0 spiro atoms. The third-order valence-corrected chi connectivity index (χ3v) is 4.55. The van der Waals surface area contributed by atoms with Crippen LogP contribution < -0.4 is 5.32 Å². The van der Waals surface area contributed by atoms with Gasteiger partial charge in [0, 0.05) is 6.04 Å². The molecule has 0 saturated carbocycles. The lowest BCUT2D eigenvalue weighted by Gasteiger charge is -2.28. The van der Waals surface area contributed by atoms with Crippen molar-refractivity contribution in [3.63, 3.8) is 0 Å². The van der Waals surface area contributed by atoms with Crippen molar-refractivity contribution < 1.29 is 4.79 Å². The highest BCUT2D eigenvalue weighted by Crippen LogP contribution is 2.20. The molecular weight excluding hydrogens is 268 g/mol. The molecule has 1 N–H and O–H groups in total. The van der Waals surface area contributed by atoms with Crippen molar-refractivity contribution in [2.45, 2.75) is 44.9 Å². The molecule has 1 amide bonds. The van der Waals surface area contributed by atoms with E-state index >= 15 is 0 Å². The Labute approximate surface area is 126 Å². The van der Waals surface area contributed by atoms with Gasteiger partial charge in [-0.1, -0.05) is 30.3 Å². The Kier molecular flexibility index (Phi) is 5.49. The van der Waals surface area contributed by atoms with E-state index in [-0.39, 0.29) is 18.1 Å². The lowest BCUT2D eigenvalue weighted by Crippen LogP contribution is -2.41. The van der Waals surface area contributed by atoms with E-state index in [1.807, 2.05) is 34.9 Å². The number of amides is 1. The van der Waals surface area contributed by atoms with Crippen LogP contribution in [-0.4, -0.2) is 41.1 Å². The summed E-state index contributed by atoms with van der Waals surface area (Å²) in [6, 6.07) is 10.4. The number of carbonyl (C=O) groups excluding carboxylic acids is 1. The lowest BCUT2D eigenvalue weighted by molar-refractivity contribution is -0.131. The van der Waals surface area contributed by atoms with E-state index in [4.69, 9.17) is 0 Å². The molecule has 3 nitrogen and oxygen atoms in total. The largest absolute Gasteiger partial charge is 0.323 e. The van der Waals surface area contributed by atoms with Gasteiger partial charge in [-0.2, -0.15) is 11.8 Å². The second kappa shape index (κ2) is 7.14. The highest BCUT2D eigenvalue weighted by molar-refractivity contribution is 7.98. The van der Waals surface area contributed by atoms with Crippen molar-refractivity contribution in [1.82, 2.24) is 10.2 Å². The molecule has 1 fully saturated rings. The molecule has 3 unspecified atom stereocenters. The summed E-state index contributed by atoms with van der Waals surface area (Å²) < 4.78 is 0. The molecular formula is C16H24N2OS. The standard InChI is InChI=1S/C16H24N2OS/c1-12(9-10-20-3)18-13(2)17-15(16(18)19)11-14-7-5-4-6-8-14/h4-8,12-13,15,17H,9-11H2,1-3H3. The zero-order valence-corrected chi connectivity index (χ0v) is 13.3. The van der Waals surface area contributed by atoms with Gasteiger partial charge in [0.25, 0.3) is 0 Å². The maximum atomic E-state index is 12.6. The highest BCUT2D eigenvalue weighted by atomic mass is 32.2. The van der Waals surface area contributed by atoms with Crippen LogP contribution in [0.3, 0.4) is 0 Å². The summed E-state index contributed by atoms with van der Waals surface area (Å²) in [5.41, 5.74) is 1.21. The number of hydrogen-bond donors (Lipinski definition) is 1. The minimum atomic E-state index is -0.0795. The van der Waals surface area contributed by atoms with Crippen LogP contribution in [0.15, 0.2) is 30.3 Å². The average molecular weight is 292 g/mol. The third kappa shape index (κ3) is 3.55. The molecule has 110 valence electrons. The van der Waals surface area contributed by atoms with E-state index in [0.717, 1.165) is 18.6 Å². The molecule has 1 saturated heterocycles. The molecule has 1 aliphatic heterocycles. The molecule has 1 aliphatic rings. The minimum Gasteiger partial charge on any atom is -0.323 e. The monoisotopic (exact) mass is 292 g/mol. The van der Waals surface area contributed by atoms with Crippen molar-refractivity contribution in [2.75, 3.05) is 12.0 Å². The molecule has 4 heteroatoms. The van der Waals surface area contributed by atoms with E-state index in [1.165, 1.54) is 5.56 Å². The minimum absolute atomic E-state index is 0.0795. The summed E-state index contributed by atoms with van der Waals surface area (Å²) in [5.74, 6) is 1.34. The van der Waals surface area contributed by atoms with Crippen LogP contribution in [-0.2, 0) is 11.2 Å². The number of nitrogens with one attached hydrogen (secondary N) is 1. The van der Waals surface area contributed by atoms with Crippen LogP contribution in [0.4, 0.5) is 0 Å². The molecule has 0 aliphatic carbocycles. The zero-order valence-electron chi connectivity index (χ0n) is 12.5. The maximum absolute atomic E-state index is 12.6. The number of benzene rings is 1. The molecule has 2 rings (SSSR count). The van der Waals surface area contributed by atoms with Crippen molar-refractivity contribution in [1.29, 1.82) is 0 Å². The van der Waals surface area contributed by atoms with Crippen LogP contribution in [0.25, 0.3) is 0 Å². The summed E-state index contributed by atoms with van der Waals surface area (Å²) in [4.78, 5) is 14.6. The molecule has 3 atom stereocenters. The lowest BCUT2D eigenvalue weighted by atomic mass is 10.1. The van der Waals surface area contributed by atoms with Crippen molar-refractivity contribution >= 4 is 17.7 Å². The van der Waals surface area contributed by atoms with Crippen LogP contribution >= 0.6 is 11.8 Å². The van der Waals surface area contributed by atoms with Crippen LogP contribution in [0, 0.1) is 0 Å². The van der Waals surface area contributed by atoms with E-state index < -0.39 is 0 Å². The first-order valence-corrected chi connectivity index (χ1v) is 8.64. The smallest absolute Gasteiger partial charge is 0.241 e. The number of nitrogens with zero attached hydrogens (tertiary/aromatic N) is 1. The summed E-state index contributed by atoms with van der Waals surface area (Å²) in [6.07, 6.45) is 4.07. The number of rotatable bonds is 6. The Balaban J connectivity index is 1.99. The zero-order chi connectivity index (χ0) is 14.5. The Bertz CT molecular complexity index is 437. The van der Waals surface area contributed by atoms with Crippen LogP contribution in [0.1, 0.15) is 25.8 Å². The SMILES string of the molecule is CSCCC(C)N1C(=O)C(Cc2ccccc2)NC1C. The second-order valence-corrected chi connectivity index (χ2v) is 6.45. The Morgan fingerprint density at radius 1 is 1.35 bits per heavy atom. The highest BCUT2D eigenvalue weighted by Gasteiger charge is 2.38. The van der Waals surface area contributed by atoms with Crippen LogP contribution in [0.5, 0.6) is 0 Å². The molecule has 0 aromatic heterocycles. The number of hydrogen-bond acceptors (Lipinski definition) is 3. The van der Waals surface area contributed by atoms with E-state index in [1.54, 1.807) is 0 Å². The van der Waals surface area contributed by atoms with Gasteiger partial charge in [-0.25, -0.2) is 0 Å². The van der Waals surface area contributed by atoms with Crippen molar-refractivity contribution in [3.8, 4) is 0 Å². The number of carbonyl (C=O) groups is 1. The van der Waals surface area contributed by atoms with Crippen LogP contribution in [0.2, 0.25) is 0 Å². The molecule has 0 radical (unpaired) electrons. The maximum Gasteiger partial charge on any atom is 0.241 e. The second-order valence-electron chi connectivity index (χ2n) is 5.46.